The van der Waals surface area contributed by atoms with Gasteiger partial charge in [0.2, 0.25) is 5.88 Å². The summed E-state index contributed by atoms with van der Waals surface area (Å²) in [7, 11) is 0. The summed E-state index contributed by atoms with van der Waals surface area (Å²) in [6.07, 6.45) is -4.83. The van der Waals surface area contributed by atoms with E-state index in [4.69, 9.17) is 16.7 Å². The predicted octanol–water partition coefficient (Wildman–Crippen LogP) is 2.82. The highest BCUT2D eigenvalue weighted by Gasteiger charge is 2.33. The van der Waals surface area contributed by atoms with E-state index < -0.39 is 18.8 Å². The lowest BCUT2D eigenvalue weighted by Crippen LogP contribution is -2.19. The Hall–Kier alpha value is -0.280. The number of hydrogen-bond donors (Lipinski definition) is 1. The highest BCUT2D eigenvalue weighted by Crippen LogP contribution is 2.29. The highest BCUT2D eigenvalue weighted by atomic mass is 127. The Kier molecular flexibility index (Phi) is 4.62. The maximum absolute atomic E-state index is 12.1. The molecule has 0 bridgehead atoms. The van der Waals surface area contributed by atoms with Crippen LogP contribution in [0.4, 0.5) is 13.2 Å². The molecule has 0 radical (unpaired) electrons. The van der Waals surface area contributed by atoms with Crippen LogP contribution in [0.5, 0.6) is 5.88 Å². The van der Waals surface area contributed by atoms with Crippen molar-refractivity contribution in [2.75, 3.05) is 0 Å². The molecule has 8 heteroatoms. The summed E-state index contributed by atoms with van der Waals surface area (Å²) in [5.74, 6) is -0.830. The molecule has 3 nitrogen and oxygen atoms in total. The minimum atomic E-state index is -4.83. The fraction of sp³-hybridized carbons (Fsp3) is 0.375. The second-order valence-electron chi connectivity index (χ2n) is 2.73. The number of halogens is 5. The number of hydrogen-bond acceptors (Lipinski definition) is 3. The van der Waals surface area contributed by atoms with Gasteiger partial charge in [-0.05, 0) is 34.2 Å². The molecule has 1 rings (SSSR count). The van der Waals surface area contributed by atoms with E-state index in [0.29, 0.717) is 0 Å². The van der Waals surface area contributed by atoms with E-state index in [0.717, 1.165) is 0 Å². The molecule has 0 atom stereocenters. The van der Waals surface area contributed by atoms with Gasteiger partial charge in [0, 0.05) is 5.56 Å². The van der Waals surface area contributed by atoms with Crippen LogP contribution in [0.2, 0.25) is 0 Å². The number of aliphatic hydroxyl groups excluding tert-OH is 1. The van der Waals surface area contributed by atoms with Gasteiger partial charge in [-0.3, -0.25) is 0 Å². The van der Waals surface area contributed by atoms with Crippen molar-refractivity contribution in [3.8, 4) is 5.88 Å². The average Bonchev–Trinajstić information content (AvgIpc) is 2.14. The smallest absolute Gasteiger partial charge is 0.392 e. The van der Waals surface area contributed by atoms with Crippen molar-refractivity contribution in [1.82, 2.24) is 4.98 Å². The normalized spacial score (nSPS) is 11.6. The second kappa shape index (κ2) is 5.37. The SMILES string of the molecule is OCc1cc(I)nc(OC(F)(F)F)c1CCl. The van der Waals surface area contributed by atoms with E-state index >= 15 is 0 Å². The second-order valence-corrected chi connectivity index (χ2v) is 4.10. The third-order valence-corrected chi connectivity index (χ3v) is 2.48. The van der Waals surface area contributed by atoms with Crippen molar-refractivity contribution < 1.29 is 23.0 Å². The summed E-state index contributed by atoms with van der Waals surface area (Å²) in [6, 6.07) is 1.45. The van der Waals surface area contributed by atoms with Crippen LogP contribution in [-0.2, 0) is 12.5 Å². The Morgan fingerprint density at radius 2 is 2.12 bits per heavy atom. The summed E-state index contributed by atoms with van der Waals surface area (Å²) in [6.45, 7) is -0.422. The summed E-state index contributed by atoms with van der Waals surface area (Å²) in [4.78, 5) is 3.59. The first-order valence-corrected chi connectivity index (χ1v) is 5.59. The van der Waals surface area contributed by atoms with Gasteiger partial charge in [0.15, 0.2) is 0 Å². The van der Waals surface area contributed by atoms with E-state index in [1.54, 1.807) is 22.6 Å². The summed E-state index contributed by atoms with van der Waals surface area (Å²) >= 11 is 7.22. The molecular weight excluding hydrogens is 361 g/mol. The molecule has 0 amide bonds. The molecule has 0 unspecified atom stereocenters. The van der Waals surface area contributed by atoms with E-state index in [1.807, 2.05) is 0 Å². The van der Waals surface area contributed by atoms with Gasteiger partial charge in [-0.25, -0.2) is 4.98 Å². The maximum Gasteiger partial charge on any atom is 0.574 e. The van der Waals surface area contributed by atoms with Crippen molar-refractivity contribution in [3.05, 3.63) is 20.9 Å². The molecule has 0 aliphatic heterocycles. The molecule has 1 N–H and O–H groups in total. The zero-order chi connectivity index (χ0) is 12.3. The molecular formula is C8H6ClF3INO2. The van der Waals surface area contributed by atoms with E-state index in [-0.39, 0.29) is 20.7 Å². The number of alkyl halides is 4. The molecule has 0 saturated heterocycles. The van der Waals surface area contributed by atoms with E-state index in [9.17, 15) is 13.2 Å². The van der Waals surface area contributed by atoms with Gasteiger partial charge in [0.25, 0.3) is 0 Å². The van der Waals surface area contributed by atoms with Gasteiger partial charge in [0.05, 0.1) is 12.5 Å². The minimum Gasteiger partial charge on any atom is -0.392 e. The topological polar surface area (TPSA) is 42.4 Å². The van der Waals surface area contributed by atoms with Gasteiger partial charge >= 0.3 is 6.36 Å². The average molecular weight is 367 g/mol. The molecule has 0 aromatic carbocycles. The number of rotatable bonds is 3. The first kappa shape index (κ1) is 13.8. The zero-order valence-electron chi connectivity index (χ0n) is 7.68. The van der Waals surface area contributed by atoms with Crippen molar-refractivity contribution in [2.45, 2.75) is 18.8 Å². The molecule has 1 aromatic heterocycles. The van der Waals surface area contributed by atoms with Gasteiger partial charge in [0.1, 0.15) is 3.70 Å². The molecule has 16 heavy (non-hydrogen) atoms. The lowest BCUT2D eigenvalue weighted by atomic mass is 10.1. The van der Waals surface area contributed by atoms with Crippen molar-refractivity contribution in [1.29, 1.82) is 0 Å². The van der Waals surface area contributed by atoms with Gasteiger partial charge in [-0.2, -0.15) is 0 Å². The first-order valence-electron chi connectivity index (χ1n) is 3.98. The maximum atomic E-state index is 12.1. The van der Waals surface area contributed by atoms with E-state index in [1.165, 1.54) is 6.07 Å². The Morgan fingerprint density at radius 3 is 2.56 bits per heavy atom. The zero-order valence-corrected chi connectivity index (χ0v) is 10.6. The minimum absolute atomic E-state index is 0.0434. The van der Waals surface area contributed by atoms with Crippen LogP contribution < -0.4 is 4.74 Å². The fourth-order valence-corrected chi connectivity index (χ4v) is 1.92. The summed E-state index contributed by atoms with van der Waals surface area (Å²) in [5, 5.41) is 8.97. The van der Waals surface area contributed by atoms with E-state index in [2.05, 4.69) is 9.72 Å². The first-order chi connectivity index (χ1) is 7.37. The fourth-order valence-electron chi connectivity index (χ4n) is 1.04. The lowest BCUT2D eigenvalue weighted by Gasteiger charge is -2.13. The van der Waals surface area contributed by atoms with Crippen LogP contribution in [0.3, 0.4) is 0 Å². The molecule has 90 valence electrons. The van der Waals surface area contributed by atoms with Crippen molar-refractivity contribution in [3.63, 3.8) is 0 Å². The van der Waals surface area contributed by atoms with Gasteiger partial charge < -0.3 is 9.84 Å². The van der Waals surface area contributed by atoms with Crippen LogP contribution in [-0.4, -0.2) is 16.5 Å². The third kappa shape index (κ3) is 3.63. The molecule has 0 spiro atoms. The molecule has 1 heterocycles. The number of aliphatic hydroxyl groups is 1. The van der Waals surface area contributed by atoms with Gasteiger partial charge in [-0.1, -0.05) is 0 Å². The highest BCUT2D eigenvalue weighted by molar-refractivity contribution is 14.1. The summed E-state index contributed by atoms with van der Waals surface area (Å²) < 4.78 is 40.2. The summed E-state index contributed by atoms with van der Waals surface area (Å²) in [5.41, 5.74) is 0.315. The van der Waals surface area contributed by atoms with Crippen LogP contribution in [0, 0.1) is 3.70 Å². The number of pyridine rings is 1. The number of nitrogens with zero attached hydrogens (tertiary/aromatic N) is 1. The molecule has 1 aromatic rings. The number of aromatic nitrogens is 1. The Balaban J connectivity index is 3.20. The predicted molar refractivity (Wildman–Crippen MR) is 59.1 cm³/mol. The molecule has 0 fully saturated rings. The van der Waals surface area contributed by atoms with Crippen LogP contribution in [0.15, 0.2) is 6.07 Å². The Labute approximate surface area is 108 Å². The Morgan fingerprint density at radius 1 is 1.50 bits per heavy atom. The quantitative estimate of drug-likeness (QED) is 0.507. The molecule has 0 aliphatic rings. The standard InChI is InChI=1S/C8H6ClF3INO2/c9-2-5-4(3-15)1-6(13)14-7(5)16-8(10,11)12/h1,15H,2-3H2. The van der Waals surface area contributed by atoms with Crippen molar-refractivity contribution >= 4 is 34.2 Å². The van der Waals surface area contributed by atoms with Crippen molar-refractivity contribution in [2.24, 2.45) is 0 Å². The third-order valence-electron chi connectivity index (χ3n) is 1.66. The van der Waals surface area contributed by atoms with Crippen LogP contribution in [0.25, 0.3) is 0 Å². The lowest BCUT2D eigenvalue weighted by molar-refractivity contribution is -0.276. The monoisotopic (exact) mass is 367 g/mol. The largest absolute Gasteiger partial charge is 0.574 e. The van der Waals surface area contributed by atoms with Gasteiger partial charge in [-0.15, -0.1) is 24.8 Å². The number of ether oxygens (including phenoxy) is 1. The Bertz CT molecular complexity index is 386. The molecule has 0 aliphatic carbocycles. The van der Waals surface area contributed by atoms with Crippen LogP contribution in [0.1, 0.15) is 11.1 Å². The molecule has 0 saturated carbocycles. The van der Waals surface area contributed by atoms with Crippen LogP contribution >= 0.6 is 34.2 Å².